The molecule has 1 atom stereocenters. The molecule has 0 spiro atoms. The Kier molecular flexibility index (Phi) is 6.90. The Labute approximate surface area is 212 Å². The van der Waals surface area contributed by atoms with Crippen LogP contribution in [0.2, 0.25) is 0 Å². The number of hydrogen-bond donors (Lipinski definition) is 2. The highest BCUT2D eigenvalue weighted by atomic mass is 16.3. The topological polar surface area (TPSA) is 70.4 Å². The number of imidazole rings is 1. The third-order valence-electron chi connectivity index (χ3n) is 7.32. The van der Waals surface area contributed by atoms with E-state index in [-0.39, 0.29) is 11.9 Å². The Morgan fingerprint density at radius 3 is 2.28 bits per heavy atom. The van der Waals surface area contributed by atoms with Crippen molar-refractivity contribution in [3.05, 3.63) is 101 Å². The van der Waals surface area contributed by atoms with E-state index in [4.69, 9.17) is 4.98 Å². The lowest BCUT2D eigenvalue weighted by molar-refractivity contribution is 0.0906. The molecule has 0 radical (unpaired) electrons. The molecule has 0 saturated carbocycles. The molecule has 6 heteroatoms. The van der Waals surface area contributed by atoms with Crippen molar-refractivity contribution in [1.29, 1.82) is 0 Å². The summed E-state index contributed by atoms with van der Waals surface area (Å²) in [6.45, 7) is 7.79. The van der Waals surface area contributed by atoms with Gasteiger partial charge in [0.1, 0.15) is 0 Å². The molecule has 186 valence electrons. The molecule has 1 aliphatic rings. The average Bonchev–Trinajstić information content (AvgIpc) is 3.32. The molecule has 1 fully saturated rings. The Morgan fingerprint density at radius 2 is 1.67 bits per heavy atom. The van der Waals surface area contributed by atoms with Crippen molar-refractivity contribution in [3.8, 4) is 0 Å². The number of benzene rings is 3. The number of aliphatic hydroxyl groups is 1. The number of likely N-dealkylation sites (tertiary alicyclic amines) is 1. The second-order valence-electron chi connectivity index (χ2n) is 9.53. The van der Waals surface area contributed by atoms with Crippen LogP contribution in [0.5, 0.6) is 0 Å². The number of carbonyl (C=O) groups is 1. The first-order chi connectivity index (χ1) is 17.5. The summed E-state index contributed by atoms with van der Waals surface area (Å²) < 4.78 is 2.02. The number of fused-ring (bicyclic) bond motifs is 1. The van der Waals surface area contributed by atoms with Crippen LogP contribution >= 0.6 is 0 Å². The second-order valence-corrected chi connectivity index (χ2v) is 9.53. The van der Waals surface area contributed by atoms with Gasteiger partial charge < -0.3 is 19.9 Å². The summed E-state index contributed by atoms with van der Waals surface area (Å²) in [6.07, 6.45) is 2.10. The Morgan fingerprint density at radius 1 is 1.00 bits per heavy atom. The average molecular weight is 483 g/mol. The first-order valence-corrected chi connectivity index (χ1v) is 12.9. The number of hydrogen-bond acceptors (Lipinski definition) is 4. The summed E-state index contributed by atoms with van der Waals surface area (Å²) >= 11 is 0. The van der Waals surface area contributed by atoms with E-state index in [0.717, 1.165) is 54.6 Å². The van der Waals surface area contributed by atoms with Crippen LogP contribution in [0.25, 0.3) is 11.0 Å². The molecular formula is C30H34N4O2. The zero-order chi connectivity index (χ0) is 25.1. The quantitative estimate of drug-likeness (QED) is 0.405. The predicted octanol–water partition coefficient (Wildman–Crippen LogP) is 4.55. The van der Waals surface area contributed by atoms with E-state index in [1.165, 1.54) is 0 Å². The smallest absolute Gasteiger partial charge is 0.251 e. The molecule has 1 aliphatic heterocycles. The lowest BCUT2D eigenvalue weighted by Crippen LogP contribution is -2.47. The minimum atomic E-state index is -1.44. The number of nitrogens with zero attached hydrogens (tertiary/aromatic N) is 3. The number of piperidine rings is 1. The van der Waals surface area contributed by atoms with Gasteiger partial charge in [-0.25, -0.2) is 4.98 Å². The van der Waals surface area contributed by atoms with Crippen LogP contribution in [0.15, 0.2) is 78.9 Å². The van der Waals surface area contributed by atoms with Gasteiger partial charge in [-0.2, -0.15) is 0 Å². The Bertz CT molecular complexity index is 1290. The van der Waals surface area contributed by atoms with Gasteiger partial charge >= 0.3 is 0 Å². The fourth-order valence-electron chi connectivity index (χ4n) is 5.37. The van der Waals surface area contributed by atoms with E-state index in [2.05, 4.69) is 17.1 Å². The van der Waals surface area contributed by atoms with Crippen molar-refractivity contribution in [1.82, 2.24) is 19.8 Å². The SMILES string of the molecule is CCN1CCC[C@@H](NC(=O)c2ccc3nc(C(O)(c4ccccc4)c4ccccc4)n(CC)c3c2)C1. The van der Waals surface area contributed by atoms with Gasteiger partial charge in [0.2, 0.25) is 0 Å². The third kappa shape index (κ3) is 4.43. The van der Waals surface area contributed by atoms with E-state index < -0.39 is 5.60 Å². The highest BCUT2D eigenvalue weighted by Crippen LogP contribution is 2.37. The minimum Gasteiger partial charge on any atom is -0.373 e. The molecule has 0 unspecified atom stereocenters. The van der Waals surface area contributed by atoms with Crippen LogP contribution in [-0.2, 0) is 12.1 Å². The van der Waals surface area contributed by atoms with Gasteiger partial charge in [0.15, 0.2) is 11.4 Å². The molecule has 6 nitrogen and oxygen atoms in total. The molecule has 36 heavy (non-hydrogen) atoms. The Hall–Kier alpha value is -3.48. The van der Waals surface area contributed by atoms with Crippen LogP contribution in [0, 0.1) is 0 Å². The van der Waals surface area contributed by atoms with Crippen molar-refractivity contribution in [3.63, 3.8) is 0 Å². The molecule has 4 aromatic rings. The first kappa shape index (κ1) is 24.2. The van der Waals surface area contributed by atoms with Crippen LogP contribution in [-0.4, -0.2) is 51.1 Å². The minimum absolute atomic E-state index is 0.0633. The standard InChI is InChI=1S/C30H34N4O2/c1-3-33-19-11-16-25(21-33)31-28(35)22-17-18-26-27(20-22)34(4-2)29(32-26)30(36,23-12-7-5-8-13-23)24-14-9-6-10-15-24/h5-10,12-15,17-18,20,25,36H,3-4,11,16,19,21H2,1-2H3,(H,31,35)/t25-/m1/s1. The first-order valence-electron chi connectivity index (χ1n) is 12.9. The maximum absolute atomic E-state index is 13.2. The van der Waals surface area contributed by atoms with Gasteiger partial charge in [-0.1, -0.05) is 67.6 Å². The largest absolute Gasteiger partial charge is 0.373 e. The number of carbonyl (C=O) groups excluding carboxylic acids is 1. The van der Waals surface area contributed by atoms with Gasteiger partial charge in [-0.15, -0.1) is 0 Å². The van der Waals surface area contributed by atoms with Gasteiger partial charge in [0.05, 0.1) is 11.0 Å². The lowest BCUT2D eigenvalue weighted by atomic mass is 9.85. The van der Waals surface area contributed by atoms with Crippen LogP contribution < -0.4 is 5.32 Å². The molecule has 1 amide bonds. The van der Waals surface area contributed by atoms with Crippen molar-refractivity contribution >= 4 is 16.9 Å². The molecule has 0 aliphatic carbocycles. The summed E-state index contributed by atoms with van der Waals surface area (Å²) in [4.78, 5) is 20.5. The predicted molar refractivity (Wildman–Crippen MR) is 143 cm³/mol. The van der Waals surface area contributed by atoms with Gasteiger partial charge in [-0.3, -0.25) is 4.79 Å². The van der Waals surface area contributed by atoms with E-state index in [9.17, 15) is 9.90 Å². The van der Waals surface area contributed by atoms with E-state index in [1.807, 2.05) is 90.4 Å². The second kappa shape index (κ2) is 10.2. The summed E-state index contributed by atoms with van der Waals surface area (Å²) in [5.41, 5.74) is 2.26. The highest BCUT2D eigenvalue weighted by molar-refractivity contribution is 5.97. The normalized spacial score (nSPS) is 16.8. The molecule has 5 rings (SSSR count). The van der Waals surface area contributed by atoms with Gasteiger partial charge in [0.25, 0.3) is 5.91 Å². The van der Waals surface area contributed by atoms with Crippen molar-refractivity contribution in [2.45, 2.75) is 44.9 Å². The third-order valence-corrected chi connectivity index (χ3v) is 7.32. The van der Waals surface area contributed by atoms with Crippen molar-refractivity contribution in [2.24, 2.45) is 0 Å². The number of amides is 1. The number of aromatic nitrogens is 2. The maximum Gasteiger partial charge on any atom is 0.251 e. The highest BCUT2D eigenvalue weighted by Gasteiger charge is 2.38. The summed E-state index contributed by atoms with van der Waals surface area (Å²) in [5, 5.41) is 15.5. The van der Waals surface area contributed by atoms with Crippen LogP contribution in [0.4, 0.5) is 0 Å². The summed E-state index contributed by atoms with van der Waals surface area (Å²) in [6, 6.07) is 25.1. The zero-order valence-corrected chi connectivity index (χ0v) is 21.0. The number of likely N-dealkylation sites (N-methyl/N-ethyl adjacent to an activating group) is 1. The lowest BCUT2D eigenvalue weighted by Gasteiger charge is -2.32. The molecule has 1 aromatic heterocycles. The number of nitrogens with one attached hydrogen (secondary N) is 1. The molecule has 2 N–H and O–H groups in total. The van der Waals surface area contributed by atoms with Gasteiger partial charge in [0, 0.05) is 24.7 Å². The maximum atomic E-state index is 13.2. The molecule has 2 heterocycles. The number of aryl methyl sites for hydroxylation is 1. The monoisotopic (exact) mass is 482 g/mol. The van der Waals surface area contributed by atoms with Gasteiger partial charge in [-0.05, 0) is 62.2 Å². The fraction of sp³-hybridized carbons (Fsp3) is 0.333. The molecule has 0 bridgehead atoms. The van der Waals surface area contributed by atoms with Crippen LogP contribution in [0.1, 0.15) is 54.0 Å². The van der Waals surface area contributed by atoms with Crippen molar-refractivity contribution in [2.75, 3.05) is 19.6 Å². The molecular weight excluding hydrogens is 448 g/mol. The summed E-state index contributed by atoms with van der Waals surface area (Å²) in [7, 11) is 0. The zero-order valence-electron chi connectivity index (χ0n) is 21.0. The number of rotatable bonds is 7. The van der Waals surface area contributed by atoms with E-state index >= 15 is 0 Å². The Balaban J connectivity index is 1.55. The molecule has 1 saturated heterocycles. The van der Waals surface area contributed by atoms with Crippen molar-refractivity contribution < 1.29 is 9.90 Å². The summed E-state index contributed by atoms with van der Waals surface area (Å²) in [5.74, 6) is 0.479. The molecule has 3 aromatic carbocycles. The fourth-order valence-corrected chi connectivity index (χ4v) is 5.37. The van der Waals surface area contributed by atoms with E-state index in [1.54, 1.807) is 0 Å². The van der Waals surface area contributed by atoms with E-state index in [0.29, 0.717) is 17.9 Å². The van der Waals surface area contributed by atoms with Crippen LogP contribution in [0.3, 0.4) is 0 Å².